The molecule has 0 saturated heterocycles. The molecule has 0 heterocycles. The van der Waals surface area contributed by atoms with Gasteiger partial charge in [0.15, 0.2) is 6.04 Å². The number of nitrogens with zero attached hydrogens (tertiary/aromatic N) is 1. The van der Waals surface area contributed by atoms with Crippen LogP contribution in [0, 0.1) is 0 Å². The van der Waals surface area contributed by atoms with Gasteiger partial charge in [0.1, 0.15) is 5.60 Å². The molecule has 23 heavy (non-hydrogen) atoms. The Hall–Kier alpha value is -1.95. The number of esters is 1. The van der Waals surface area contributed by atoms with Crippen molar-refractivity contribution in [2.45, 2.75) is 44.2 Å². The molecule has 126 valence electrons. The van der Waals surface area contributed by atoms with Crippen molar-refractivity contribution in [1.29, 1.82) is 0 Å². The van der Waals surface area contributed by atoms with Crippen molar-refractivity contribution in [3.05, 3.63) is 42.5 Å². The lowest BCUT2D eigenvalue weighted by Crippen LogP contribution is -2.42. The second kappa shape index (κ2) is 8.62. The normalized spacial score (nSPS) is 12.7. The fourth-order valence-corrected chi connectivity index (χ4v) is 2.55. The molecule has 1 aromatic carbocycles. The summed E-state index contributed by atoms with van der Waals surface area (Å²) in [6.07, 6.45) is 2.70. The lowest BCUT2D eigenvalue weighted by Gasteiger charge is -2.29. The Balaban J connectivity index is 3.12. The molecule has 5 nitrogen and oxygen atoms in total. The molecule has 1 aromatic rings. The largest absolute Gasteiger partial charge is 0.467 e. The molecular formula is C17H23NO4S. The van der Waals surface area contributed by atoms with Gasteiger partial charge in [0.2, 0.25) is 0 Å². The van der Waals surface area contributed by atoms with Gasteiger partial charge in [-0.2, -0.15) is 0 Å². The van der Waals surface area contributed by atoms with Crippen molar-refractivity contribution in [1.82, 2.24) is 4.31 Å². The van der Waals surface area contributed by atoms with E-state index in [0.717, 1.165) is 16.8 Å². The topological polar surface area (TPSA) is 55.8 Å². The second-order valence-corrected chi connectivity index (χ2v) is 6.75. The van der Waals surface area contributed by atoms with Crippen molar-refractivity contribution >= 4 is 24.0 Å². The Morgan fingerprint density at radius 2 is 1.83 bits per heavy atom. The molecule has 0 aliphatic carbocycles. The van der Waals surface area contributed by atoms with E-state index < -0.39 is 23.7 Å². The summed E-state index contributed by atoms with van der Waals surface area (Å²) in [7, 11) is 1.29. The van der Waals surface area contributed by atoms with E-state index in [9.17, 15) is 9.59 Å². The van der Waals surface area contributed by atoms with Crippen molar-refractivity contribution in [3.63, 3.8) is 0 Å². The molecule has 0 radical (unpaired) electrons. The van der Waals surface area contributed by atoms with Crippen LogP contribution in [0.3, 0.4) is 0 Å². The maximum Gasteiger partial charge on any atom is 0.421 e. The first-order chi connectivity index (χ1) is 10.8. The van der Waals surface area contributed by atoms with Gasteiger partial charge < -0.3 is 9.47 Å². The van der Waals surface area contributed by atoms with E-state index >= 15 is 0 Å². The van der Waals surface area contributed by atoms with Gasteiger partial charge >= 0.3 is 12.1 Å². The molecule has 0 aliphatic heterocycles. The highest BCUT2D eigenvalue weighted by Crippen LogP contribution is 2.28. The number of amides is 1. The highest BCUT2D eigenvalue weighted by Gasteiger charge is 2.33. The van der Waals surface area contributed by atoms with Crippen LogP contribution in [0.1, 0.15) is 27.7 Å². The van der Waals surface area contributed by atoms with Crippen LogP contribution in [-0.4, -0.2) is 35.1 Å². The van der Waals surface area contributed by atoms with Gasteiger partial charge in [-0.3, -0.25) is 0 Å². The molecule has 0 aromatic heterocycles. The highest BCUT2D eigenvalue weighted by atomic mass is 32.2. The Kier molecular flexibility index (Phi) is 7.16. The van der Waals surface area contributed by atoms with Crippen LogP contribution in [-0.2, 0) is 14.3 Å². The molecule has 0 aliphatic rings. The van der Waals surface area contributed by atoms with Gasteiger partial charge in [-0.25, -0.2) is 13.9 Å². The summed E-state index contributed by atoms with van der Waals surface area (Å²) in [6.45, 7) is 7.10. The summed E-state index contributed by atoms with van der Waals surface area (Å²) in [5.74, 6) is -0.530. The lowest BCUT2D eigenvalue weighted by atomic mass is 10.2. The predicted molar refractivity (Wildman–Crippen MR) is 91.0 cm³/mol. The zero-order chi connectivity index (χ0) is 17.5. The summed E-state index contributed by atoms with van der Waals surface area (Å²) in [4.78, 5) is 25.4. The monoisotopic (exact) mass is 337 g/mol. The van der Waals surface area contributed by atoms with Crippen LogP contribution in [0.4, 0.5) is 4.79 Å². The van der Waals surface area contributed by atoms with Gasteiger partial charge in [0.05, 0.1) is 7.11 Å². The quantitative estimate of drug-likeness (QED) is 0.461. The molecule has 1 rings (SSSR count). The number of hydrogen-bond acceptors (Lipinski definition) is 5. The lowest BCUT2D eigenvalue weighted by molar-refractivity contribution is -0.143. The molecule has 0 N–H and O–H groups in total. The van der Waals surface area contributed by atoms with Gasteiger partial charge in [-0.05, 0) is 51.8 Å². The fraction of sp³-hybridized carbons (Fsp3) is 0.412. The third kappa shape index (κ3) is 6.36. The molecule has 6 heteroatoms. The van der Waals surface area contributed by atoms with Crippen LogP contribution >= 0.6 is 11.9 Å². The SMILES string of the molecule is C/C=C/C(C(=O)OC)N(Sc1ccccc1)C(=O)OC(C)(C)C. The standard InChI is InChI=1S/C17H23NO4S/c1-6-10-14(15(19)21-5)18(16(20)22-17(2,3)4)23-13-11-8-7-9-12-13/h6-12,14H,1-5H3/b10-6+. The van der Waals surface area contributed by atoms with E-state index in [-0.39, 0.29) is 0 Å². The second-order valence-electron chi connectivity index (χ2n) is 5.70. The Morgan fingerprint density at radius 1 is 1.22 bits per heavy atom. The van der Waals surface area contributed by atoms with Crippen LogP contribution in [0.15, 0.2) is 47.4 Å². The molecule has 0 spiro atoms. The van der Waals surface area contributed by atoms with Crippen molar-refractivity contribution < 1.29 is 19.1 Å². The number of ether oxygens (including phenoxy) is 2. The van der Waals surface area contributed by atoms with Crippen LogP contribution in [0.25, 0.3) is 0 Å². The molecule has 1 amide bonds. The summed E-state index contributed by atoms with van der Waals surface area (Å²) in [6, 6.07) is 8.44. The maximum atomic E-state index is 12.5. The first-order valence-corrected chi connectivity index (χ1v) is 8.01. The third-order valence-corrected chi connectivity index (χ3v) is 3.65. The minimum absolute atomic E-state index is 0.530. The smallest absolute Gasteiger partial charge is 0.421 e. The van der Waals surface area contributed by atoms with Crippen LogP contribution in [0.2, 0.25) is 0 Å². The summed E-state index contributed by atoms with van der Waals surface area (Å²) < 4.78 is 11.5. The molecule has 0 fully saturated rings. The number of allylic oxidation sites excluding steroid dienone is 1. The molecule has 0 bridgehead atoms. The zero-order valence-electron chi connectivity index (χ0n) is 14.1. The van der Waals surface area contributed by atoms with E-state index in [1.807, 2.05) is 30.3 Å². The van der Waals surface area contributed by atoms with Gasteiger partial charge in [-0.15, -0.1) is 0 Å². The first-order valence-electron chi connectivity index (χ1n) is 7.24. The zero-order valence-corrected chi connectivity index (χ0v) is 14.9. The highest BCUT2D eigenvalue weighted by molar-refractivity contribution is 7.97. The van der Waals surface area contributed by atoms with E-state index in [1.165, 1.54) is 11.4 Å². The summed E-state index contributed by atoms with van der Waals surface area (Å²) in [5, 5.41) is 0. The van der Waals surface area contributed by atoms with Crippen LogP contribution in [0.5, 0.6) is 0 Å². The van der Waals surface area contributed by atoms with Gasteiger partial charge in [0, 0.05) is 4.90 Å². The van der Waals surface area contributed by atoms with Gasteiger partial charge in [0.25, 0.3) is 0 Å². The number of benzene rings is 1. The minimum atomic E-state index is -0.870. The van der Waals surface area contributed by atoms with Gasteiger partial charge in [-0.1, -0.05) is 30.4 Å². The number of rotatable bonds is 5. The Bertz CT molecular complexity index is 551. The third-order valence-electron chi connectivity index (χ3n) is 2.59. The number of methoxy groups -OCH3 is 1. The first kappa shape index (κ1) is 19.1. The van der Waals surface area contributed by atoms with Crippen molar-refractivity contribution in [3.8, 4) is 0 Å². The molecule has 1 atom stereocenters. The fourth-order valence-electron chi connectivity index (χ4n) is 1.66. The average Bonchev–Trinajstić information content (AvgIpc) is 2.49. The molecular weight excluding hydrogens is 314 g/mol. The predicted octanol–water partition coefficient (Wildman–Crippen LogP) is 4.05. The van der Waals surface area contributed by atoms with Crippen molar-refractivity contribution in [2.75, 3.05) is 7.11 Å². The number of hydrogen-bond donors (Lipinski definition) is 0. The maximum absolute atomic E-state index is 12.5. The summed E-state index contributed by atoms with van der Waals surface area (Å²) in [5.41, 5.74) is -0.664. The summed E-state index contributed by atoms with van der Waals surface area (Å²) >= 11 is 1.14. The van der Waals surface area contributed by atoms with E-state index in [2.05, 4.69) is 0 Å². The van der Waals surface area contributed by atoms with E-state index in [4.69, 9.17) is 9.47 Å². The molecule has 1 unspecified atom stereocenters. The Labute approximate surface area is 141 Å². The van der Waals surface area contributed by atoms with E-state index in [1.54, 1.807) is 39.8 Å². The average molecular weight is 337 g/mol. The Morgan fingerprint density at radius 3 is 2.30 bits per heavy atom. The van der Waals surface area contributed by atoms with Crippen LogP contribution < -0.4 is 0 Å². The minimum Gasteiger partial charge on any atom is -0.467 e. The van der Waals surface area contributed by atoms with Crippen molar-refractivity contribution in [2.24, 2.45) is 0 Å². The number of carbonyl (C=O) groups excluding carboxylic acids is 2. The van der Waals surface area contributed by atoms with E-state index in [0.29, 0.717) is 0 Å². The molecule has 0 saturated carbocycles. The number of carbonyl (C=O) groups is 2.